The van der Waals surface area contributed by atoms with Crippen molar-refractivity contribution < 1.29 is 0 Å². The first-order valence-corrected chi connectivity index (χ1v) is 4.27. The fourth-order valence-electron chi connectivity index (χ4n) is 0.955. The normalized spacial score (nSPS) is 10.7. The van der Waals surface area contributed by atoms with Gasteiger partial charge in [0.1, 0.15) is 11.0 Å². The predicted octanol–water partition coefficient (Wildman–Crippen LogP) is 2.65. The van der Waals surface area contributed by atoms with Crippen molar-refractivity contribution in [3.05, 3.63) is 22.7 Å². The van der Waals surface area contributed by atoms with E-state index in [-0.39, 0.29) is 0 Å². The molecule has 2 rings (SSSR count). The minimum absolute atomic E-state index is 0.755. The lowest BCUT2D eigenvalue weighted by Crippen LogP contribution is -1.77. The maximum Gasteiger partial charge on any atom is 0.109 e. The summed E-state index contributed by atoms with van der Waals surface area (Å²) in [5.74, 6) is 0. The Morgan fingerprint density at radius 1 is 1.36 bits per heavy atom. The Morgan fingerprint density at radius 3 is 3.00 bits per heavy atom. The maximum absolute atomic E-state index is 5.88. The highest BCUT2D eigenvalue weighted by atomic mass is 35.5. The second-order valence-corrected chi connectivity index (χ2v) is 3.24. The van der Waals surface area contributed by atoms with Gasteiger partial charge in [-0.25, -0.2) is 0 Å². The van der Waals surface area contributed by atoms with Gasteiger partial charge < -0.3 is 0 Å². The molecule has 2 aromatic rings. The van der Waals surface area contributed by atoms with E-state index in [1.165, 1.54) is 11.7 Å². The molecule has 0 unspecified atom stereocenters. The van der Waals surface area contributed by atoms with Crippen LogP contribution in [0.15, 0.2) is 12.1 Å². The van der Waals surface area contributed by atoms with Crippen molar-refractivity contribution in [3.63, 3.8) is 0 Å². The number of aromatic nitrogens is 2. The van der Waals surface area contributed by atoms with Crippen LogP contribution < -0.4 is 0 Å². The lowest BCUT2D eigenvalue weighted by Gasteiger charge is -1.94. The third-order valence-electron chi connectivity index (χ3n) is 1.61. The van der Waals surface area contributed by atoms with Crippen molar-refractivity contribution in [2.24, 2.45) is 0 Å². The Kier molecular flexibility index (Phi) is 1.55. The average molecular weight is 185 g/mol. The summed E-state index contributed by atoms with van der Waals surface area (Å²) in [7, 11) is 0. The van der Waals surface area contributed by atoms with Gasteiger partial charge in [0, 0.05) is 5.02 Å². The lowest BCUT2D eigenvalue weighted by atomic mass is 10.2. The number of benzene rings is 1. The molecule has 4 heteroatoms. The first-order valence-electron chi connectivity index (χ1n) is 3.16. The quantitative estimate of drug-likeness (QED) is 0.629. The largest absolute Gasteiger partial charge is 0.173 e. The molecule has 2 nitrogen and oxygen atoms in total. The summed E-state index contributed by atoms with van der Waals surface area (Å²) < 4.78 is 8.22. The van der Waals surface area contributed by atoms with Crippen LogP contribution >= 0.6 is 23.3 Å². The van der Waals surface area contributed by atoms with E-state index in [2.05, 4.69) is 8.75 Å². The Hall–Kier alpha value is -0.670. The second kappa shape index (κ2) is 2.43. The molecule has 0 aliphatic heterocycles. The maximum atomic E-state index is 5.88. The highest BCUT2D eigenvalue weighted by molar-refractivity contribution is 7.00. The minimum Gasteiger partial charge on any atom is -0.173 e. The van der Waals surface area contributed by atoms with Crippen LogP contribution in [-0.4, -0.2) is 8.75 Å². The minimum atomic E-state index is 0.755. The molecule has 0 bridgehead atoms. The van der Waals surface area contributed by atoms with Gasteiger partial charge in [0.15, 0.2) is 0 Å². The Bertz CT molecular complexity index is 396. The SMILES string of the molecule is Cc1c(Cl)ccc2nsnc12. The molecule has 1 aromatic carbocycles. The zero-order valence-electron chi connectivity index (χ0n) is 5.84. The van der Waals surface area contributed by atoms with Crippen LogP contribution in [0.3, 0.4) is 0 Å². The van der Waals surface area contributed by atoms with E-state index in [4.69, 9.17) is 11.6 Å². The molecule has 0 saturated heterocycles. The van der Waals surface area contributed by atoms with Gasteiger partial charge in [0.05, 0.1) is 11.7 Å². The van der Waals surface area contributed by atoms with E-state index in [1.54, 1.807) is 0 Å². The monoisotopic (exact) mass is 184 g/mol. The van der Waals surface area contributed by atoms with E-state index in [9.17, 15) is 0 Å². The highest BCUT2D eigenvalue weighted by Crippen LogP contribution is 2.23. The number of aryl methyl sites for hydroxylation is 1. The van der Waals surface area contributed by atoms with Gasteiger partial charge in [0.25, 0.3) is 0 Å². The fraction of sp³-hybridized carbons (Fsp3) is 0.143. The van der Waals surface area contributed by atoms with Gasteiger partial charge in [0.2, 0.25) is 0 Å². The summed E-state index contributed by atoms with van der Waals surface area (Å²) in [4.78, 5) is 0. The zero-order chi connectivity index (χ0) is 7.84. The first-order chi connectivity index (χ1) is 5.29. The Balaban J connectivity index is 2.93. The molecule has 0 aliphatic rings. The lowest BCUT2D eigenvalue weighted by molar-refractivity contribution is 1.48. The molecule has 0 fully saturated rings. The molecule has 1 aromatic heterocycles. The van der Waals surface area contributed by atoms with Gasteiger partial charge in [-0.3, -0.25) is 0 Å². The van der Waals surface area contributed by atoms with Gasteiger partial charge in [-0.15, -0.1) is 0 Å². The van der Waals surface area contributed by atoms with Crippen LogP contribution in [0, 0.1) is 6.92 Å². The van der Waals surface area contributed by atoms with Crippen LogP contribution in [0.25, 0.3) is 11.0 Å². The molecule has 56 valence electrons. The van der Waals surface area contributed by atoms with Crippen molar-refractivity contribution in [1.82, 2.24) is 8.75 Å². The van der Waals surface area contributed by atoms with Crippen molar-refractivity contribution in [1.29, 1.82) is 0 Å². The summed E-state index contributed by atoms with van der Waals surface area (Å²) in [6.07, 6.45) is 0. The molecule has 0 saturated carbocycles. The van der Waals surface area contributed by atoms with E-state index in [0.29, 0.717) is 0 Å². The molecule has 0 amide bonds. The third-order valence-corrected chi connectivity index (χ3v) is 2.57. The molecular weight excluding hydrogens is 180 g/mol. The molecule has 0 atom stereocenters. The van der Waals surface area contributed by atoms with Crippen molar-refractivity contribution in [3.8, 4) is 0 Å². The summed E-state index contributed by atoms with van der Waals surface area (Å²) >= 11 is 7.10. The molecule has 0 aliphatic carbocycles. The van der Waals surface area contributed by atoms with Crippen LogP contribution in [0.2, 0.25) is 5.02 Å². The molecule has 11 heavy (non-hydrogen) atoms. The smallest absolute Gasteiger partial charge is 0.109 e. The van der Waals surface area contributed by atoms with Crippen LogP contribution in [0.5, 0.6) is 0 Å². The van der Waals surface area contributed by atoms with E-state index in [1.807, 2.05) is 19.1 Å². The topological polar surface area (TPSA) is 25.8 Å². The number of nitrogens with zero attached hydrogens (tertiary/aromatic N) is 2. The van der Waals surface area contributed by atoms with E-state index in [0.717, 1.165) is 21.6 Å². The van der Waals surface area contributed by atoms with Crippen molar-refractivity contribution in [2.45, 2.75) is 6.92 Å². The third kappa shape index (κ3) is 1.01. The summed E-state index contributed by atoms with van der Waals surface area (Å²) in [5.41, 5.74) is 2.86. The van der Waals surface area contributed by atoms with Crippen LogP contribution in [0.1, 0.15) is 5.56 Å². The molecule has 0 radical (unpaired) electrons. The molecule has 1 heterocycles. The van der Waals surface area contributed by atoms with Gasteiger partial charge in [-0.2, -0.15) is 8.75 Å². The number of rotatable bonds is 0. The average Bonchev–Trinajstić information content (AvgIpc) is 2.45. The molecule has 0 N–H and O–H groups in total. The summed E-state index contributed by atoms with van der Waals surface area (Å²) in [6, 6.07) is 3.73. The highest BCUT2D eigenvalue weighted by Gasteiger charge is 2.03. The molecule has 0 spiro atoms. The van der Waals surface area contributed by atoms with Gasteiger partial charge >= 0.3 is 0 Å². The van der Waals surface area contributed by atoms with Crippen LogP contribution in [-0.2, 0) is 0 Å². The van der Waals surface area contributed by atoms with E-state index < -0.39 is 0 Å². The van der Waals surface area contributed by atoms with Gasteiger partial charge in [-0.05, 0) is 24.6 Å². The number of halogens is 1. The predicted molar refractivity (Wildman–Crippen MR) is 47.2 cm³/mol. The number of hydrogen-bond acceptors (Lipinski definition) is 3. The number of hydrogen-bond donors (Lipinski definition) is 0. The van der Waals surface area contributed by atoms with Crippen LogP contribution in [0.4, 0.5) is 0 Å². The van der Waals surface area contributed by atoms with E-state index >= 15 is 0 Å². The number of fused-ring (bicyclic) bond motifs is 1. The van der Waals surface area contributed by atoms with Crippen molar-refractivity contribution >= 4 is 34.4 Å². The second-order valence-electron chi connectivity index (χ2n) is 2.30. The first kappa shape index (κ1) is 7.00. The standard InChI is InChI=1S/C7H5ClN2S/c1-4-5(8)2-3-6-7(4)10-11-9-6/h2-3H,1H3. The zero-order valence-corrected chi connectivity index (χ0v) is 7.41. The summed E-state index contributed by atoms with van der Waals surface area (Å²) in [6.45, 7) is 1.95. The Labute approximate surface area is 73.1 Å². The Morgan fingerprint density at radius 2 is 2.18 bits per heavy atom. The van der Waals surface area contributed by atoms with Gasteiger partial charge in [-0.1, -0.05) is 11.6 Å². The molecular formula is C7H5ClN2S. The van der Waals surface area contributed by atoms with Crippen molar-refractivity contribution in [2.75, 3.05) is 0 Å². The fourth-order valence-corrected chi connectivity index (χ4v) is 1.70. The summed E-state index contributed by atoms with van der Waals surface area (Å²) in [5, 5.41) is 0.755.